The average molecular weight is 359 g/mol. The van der Waals surface area contributed by atoms with E-state index in [4.69, 9.17) is 0 Å². The zero-order valence-electron chi connectivity index (χ0n) is 14.5. The first-order chi connectivity index (χ1) is 12.5. The lowest BCUT2D eigenvalue weighted by Gasteiger charge is -2.27. The normalized spacial score (nSPS) is 25.3. The minimum absolute atomic E-state index is 0.0211. The molecule has 0 spiro atoms. The number of hydrogen-bond donors (Lipinski definition) is 2. The predicted octanol–water partition coefficient (Wildman–Crippen LogP) is 1.52. The molecule has 1 aromatic carbocycles. The van der Waals surface area contributed by atoms with Crippen molar-refractivity contribution in [1.29, 1.82) is 0 Å². The molecule has 4 amide bonds. The van der Waals surface area contributed by atoms with Crippen molar-refractivity contribution in [2.24, 2.45) is 5.92 Å². The van der Waals surface area contributed by atoms with Crippen molar-refractivity contribution in [3.8, 4) is 0 Å². The highest BCUT2D eigenvalue weighted by Gasteiger charge is 2.55. The Morgan fingerprint density at radius 3 is 2.58 bits per heavy atom. The fourth-order valence-electron chi connectivity index (χ4n) is 4.15. The van der Waals surface area contributed by atoms with Crippen molar-refractivity contribution in [3.05, 3.63) is 35.1 Å². The van der Waals surface area contributed by atoms with Crippen molar-refractivity contribution in [3.63, 3.8) is 0 Å². The largest absolute Gasteiger partial charge is 0.342 e. The number of amides is 4. The van der Waals surface area contributed by atoms with E-state index in [2.05, 4.69) is 10.6 Å². The van der Waals surface area contributed by atoms with Gasteiger partial charge in [0.2, 0.25) is 5.91 Å². The van der Waals surface area contributed by atoms with E-state index in [9.17, 15) is 18.8 Å². The third-order valence-corrected chi connectivity index (χ3v) is 5.80. The van der Waals surface area contributed by atoms with Gasteiger partial charge in [0.25, 0.3) is 5.91 Å². The predicted molar refractivity (Wildman–Crippen MR) is 91.8 cm³/mol. The first-order valence-electron chi connectivity index (χ1n) is 9.16. The second-order valence-electron chi connectivity index (χ2n) is 7.45. The van der Waals surface area contributed by atoms with Gasteiger partial charge in [0.1, 0.15) is 11.4 Å². The lowest BCUT2D eigenvalue weighted by atomic mass is 9.87. The molecule has 1 aromatic rings. The smallest absolute Gasteiger partial charge is 0.322 e. The Morgan fingerprint density at radius 1 is 1.19 bits per heavy atom. The molecule has 1 saturated heterocycles. The number of benzene rings is 1. The van der Waals surface area contributed by atoms with Crippen LogP contribution in [-0.4, -0.2) is 41.4 Å². The molecule has 138 valence electrons. The van der Waals surface area contributed by atoms with Crippen LogP contribution in [0.2, 0.25) is 0 Å². The van der Waals surface area contributed by atoms with Crippen LogP contribution in [0.3, 0.4) is 0 Å². The van der Waals surface area contributed by atoms with Gasteiger partial charge in [0.15, 0.2) is 0 Å². The van der Waals surface area contributed by atoms with Crippen LogP contribution >= 0.6 is 0 Å². The molecule has 2 aliphatic heterocycles. The van der Waals surface area contributed by atoms with Gasteiger partial charge in [-0.1, -0.05) is 6.07 Å². The monoisotopic (exact) mass is 359 g/mol. The van der Waals surface area contributed by atoms with Gasteiger partial charge in [-0.25, -0.2) is 9.18 Å². The minimum Gasteiger partial charge on any atom is -0.342 e. The minimum atomic E-state index is -0.926. The maximum atomic E-state index is 13.4. The zero-order valence-corrected chi connectivity index (χ0v) is 14.5. The summed E-state index contributed by atoms with van der Waals surface area (Å²) in [7, 11) is 0. The molecule has 2 fully saturated rings. The van der Waals surface area contributed by atoms with E-state index >= 15 is 0 Å². The summed E-state index contributed by atoms with van der Waals surface area (Å²) in [6, 6.07) is 4.32. The maximum Gasteiger partial charge on any atom is 0.322 e. The summed E-state index contributed by atoms with van der Waals surface area (Å²) in [6.45, 7) is 1.14. The number of urea groups is 1. The van der Waals surface area contributed by atoms with Crippen molar-refractivity contribution < 1.29 is 18.8 Å². The van der Waals surface area contributed by atoms with E-state index in [1.54, 1.807) is 17.0 Å². The van der Waals surface area contributed by atoms with Crippen molar-refractivity contribution in [2.45, 2.75) is 44.1 Å². The summed E-state index contributed by atoms with van der Waals surface area (Å²) in [6.07, 6.45) is 3.66. The third-order valence-electron chi connectivity index (χ3n) is 5.80. The van der Waals surface area contributed by atoms with E-state index in [1.807, 2.05) is 0 Å². The molecule has 7 heteroatoms. The van der Waals surface area contributed by atoms with Gasteiger partial charge in [0.05, 0.1) is 0 Å². The number of carbonyl (C=O) groups excluding carboxylic acids is 3. The Morgan fingerprint density at radius 2 is 1.92 bits per heavy atom. The lowest BCUT2D eigenvalue weighted by molar-refractivity contribution is -0.132. The Labute approximate surface area is 151 Å². The van der Waals surface area contributed by atoms with E-state index < -0.39 is 11.6 Å². The number of nitrogens with zero attached hydrogens (tertiary/aromatic N) is 1. The first kappa shape index (κ1) is 17.0. The van der Waals surface area contributed by atoms with Gasteiger partial charge in [-0.05, 0) is 61.3 Å². The Balaban J connectivity index is 1.39. The quantitative estimate of drug-likeness (QED) is 0.800. The van der Waals surface area contributed by atoms with E-state index in [0.29, 0.717) is 32.4 Å². The number of hydrogen-bond acceptors (Lipinski definition) is 3. The molecule has 0 radical (unpaired) electrons. The summed E-state index contributed by atoms with van der Waals surface area (Å²) in [5.74, 6) is -0.459. The Bertz CT molecular complexity index is 777. The lowest BCUT2D eigenvalue weighted by Crippen LogP contribution is -2.50. The van der Waals surface area contributed by atoms with Crippen molar-refractivity contribution in [2.75, 3.05) is 13.1 Å². The van der Waals surface area contributed by atoms with Gasteiger partial charge < -0.3 is 10.2 Å². The fourth-order valence-corrected chi connectivity index (χ4v) is 4.15. The molecule has 3 aliphatic rings. The number of carbonyl (C=O) groups is 3. The van der Waals surface area contributed by atoms with E-state index in [-0.39, 0.29) is 30.0 Å². The second-order valence-corrected chi connectivity index (χ2v) is 7.45. The van der Waals surface area contributed by atoms with Gasteiger partial charge in [-0.15, -0.1) is 0 Å². The summed E-state index contributed by atoms with van der Waals surface area (Å²) in [4.78, 5) is 38.3. The molecular formula is C19H22FN3O3. The first-order valence-corrected chi connectivity index (χ1v) is 9.16. The van der Waals surface area contributed by atoms with Crippen LogP contribution in [0.4, 0.5) is 9.18 Å². The Kier molecular flexibility index (Phi) is 4.17. The molecule has 1 aliphatic carbocycles. The summed E-state index contributed by atoms with van der Waals surface area (Å²) in [5.41, 5.74) is 1.11. The number of nitrogens with one attached hydrogen (secondary N) is 2. The number of imide groups is 1. The molecule has 2 N–H and O–H groups in total. The third kappa shape index (κ3) is 3.06. The van der Waals surface area contributed by atoms with Crippen molar-refractivity contribution in [1.82, 2.24) is 15.5 Å². The SMILES string of the molecule is O=C1NC(=O)[C@](CCC(=O)N2CCc3ccc(F)cc3CC2)(C2CC2)N1. The standard InChI is InChI=1S/C19H22FN3O3/c20-15-4-1-12-6-9-23(10-7-13(12)11-15)16(24)5-8-19(14-2-3-14)17(25)21-18(26)22-19/h1,4,11,14H,2-3,5-10H2,(H2,21,22,25,26)/t19-/m0/s1. The molecule has 6 nitrogen and oxygen atoms in total. The van der Waals surface area contributed by atoms with Gasteiger partial charge in [0, 0.05) is 19.5 Å². The molecule has 26 heavy (non-hydrogen) atoms. The molecule has 0 bridgehead atoms. The van der Waals surface area contributed by atoms with Gasteiger partial charge >= 0.3 is 6.03 Å². The number of fused-ring (bicyclic) bond motifs is 1. The van der Waals surface area contributed by atoms with Crippen LogP contribution in [0.1, 0.15) is 36.8 Å². The molecule has 0 aromatic heterocycles. The number of rotatable bonds is 4. The van der Waals surface area contributed by atoms with Gasteiger partial charge in [-0.3, -0.25) is 14.9 Å². The number of halogens is 1. The maximum absolute atomic E-state index is 13.4. The van der Waals surface area contributed by atoms with E-state index in [1.165, 1.54) is 6.07 Å². The molecule has 4 rings (SSSR count). The highest BCUT2D eigenvalue weighted by Crippen LogP contribution is 2.43. The molecule has 1 atom stereocenters. The average Bonchev–Trinajstić information content (AvgIpc) is 3.42. The van der Waals surface area contributed by atoms with Crippen molar-refractivity contribution >= 4 is 17.8 Å². The van der Waals surface area contributed by atoms with Crippen LogP contribution in [0.25, 0.3) is 0 Å². The molecular weight excluding hydrogens is 337 g/mol. The van der Waals surface area contributed by atoms with Crippen LogP contribution < -0.4 is 10.6 Å². The zero-order chi connectivity index (χ0) is 18.3. The fraction of sp³-hybridized carbons (Fsp3) is 0.526. The van der Waals surface area contributed by atoms with Crippen LogP contribution in [-0.2, 0) is 22.4 Å². The summed E-state index contributed by atoms with van der Waals surface area (Å²) < 4.78 is 13.4. The van der Waals surface area contributed by atoms with E-state index in [0.717, 1.165) is 24.0 Å². The highest BCUT2D eigenvalue weighted by atomic mass is 19.1. The highest BCUT2D eigenvalue weighted by molar-refractivity contribution is 6.07. The molecule has 2 heterocycles. The van der Waals surface area contributed by atoms with Crippen LogP contribution in [0.5, 0.6) is 0 Å². The summed E-state index contributed by atoms with van der Waals surface area (Å²) >= 11 is 0. The second kappa shape index (κ2) is 6.37. The Hall–Kier alpha value is -2.44. The summed E-state index contributed by atoms with van der Waals surface area (Å²) in [5, 5.41) is 5.07. The topological polar surface area (TPSA) is 78.5 Å². The van der Waals surface area contributed by atoms with Crippen LogP contribution in [0.15, 0.2) is 18.2 Å². The molecule has 0 unspecified atom stereocenters. The molecule has 1 saturated carbocycles. The van der Waals surface area contributed by atoms with Gasteiger partial charge in [-0.2, -0.15) is 0 Å². The van der Waals surface area contributed by atoms with Crippen LogP contribution in [0, 0.1) is 11.7 Å².